The van der Waals surface area contributed by atoms with Gasteiger partial charge in [-0.2, -0.15) is 13.2 Å². The third-order valence-corrected chi connectivity index (χ3v) is 4.99. The maximum Gasteiger partial charge on any atom is 0.405 e. The van der Waals surface area contributed by atoms with Crippen molar-refractivity contribution in [2.75, 3.05) is 23.7 Å². The Hall–Kier alpha value is -2.62. The molecule has 0 fully saturated rings. The van der Waals surface area contributed by atoms with Gasteiger partial charge in [0.2, 0.25) is 5.91 Å². The smallest absolute Gasteiger partial charge is 0.369 e. The van der Waals surface area contributed by atoms with E-state index in [0.717, 1.165) is 5.56 Å². The summed E-state index contributed by atoms with van der Waals surface area (Å²) in [5.74, 6) is 0.571. The summed E-state index contributed by atoms with van der Waals surface area (Å²) in [4.78, 5) is 25.4. The molecule has 1 aliphatic heterocycles. The number of halogens is 4. The zero-order valence-electron chi connectivity index (χ0n) is 15.8. The summed E-state index contributed by atoms with van der Waals surface area (Å²) in [6.07, 6.45) is -1.15. The zero-order chi connectivity index (χ0) is 21.2. The molecule has 0 spiro atoms. The van der Waals surface area contributed by atoms with E-state index in [0.29, 0.717) is 29.0 Å². The summed E-state index contributed by atoms with van der Waals surface area (Å²) < 4.78 is 37.3. The molecule has 0 saturated carbocycles. The van der Waals surface area contributed by atoms with Crippen LogP contribution in [0.4, 0.5) is 24.8 Å². The average Bonchev–Trinajstić information content (AvgIpc) is 3.08. The molecule has 7 nitrogen and oxygen atoms in total. The SMILES string of the molecule is CC[C@@](C)(Nc1ccnc(C2CNc3ncc(Cl)cc32)n1)C(=O)NCC(F)(F)F. The zero-order valence-corrected chi connectivity index (χ0v) is 16.5. The highest BCUT2D eigenvalue weighted by atomic mass is 35.5. The minimum atomic E-state index is -4.48. The van der Waals surface area contributed by atoms with Gasteiger partial charge >= 0.3 is 6.18 Å². The van der Waals surface area contributed by atoms with Crippen LogP contribution in [0, 0.1) is 0 Å². The molecule has 0 aromatic carbocycles. The molecule has 0 saturated heterocycles. The number of amides is 1. The third kappa shape index (κ3) is 4.87. The number of carbonyl (C=O) groups is 1. The van der Waals surface area contributed by atoms with Crippen LogP contribution in [0.2, 0.25) is 5.02 Å². The van der Waals surface area contributed by atoms with Crippen LogP contribution in [0.1, 0.15) is 37.6 Å². The van der Waals surface area contributed by atoms with E-state index in [2.05, 4.69) is 25.6 Å². The first-order chi connectivity index (χ1) is 13.6. The lowest BCUT2D eigenvalue weighted by Crippen LogP contribution is -2.52. The van der Waals surface area contributed by atoms with Crippen LogP contribution < -0.4 is 16.0 Å². The van der Waals surface area contributed by atoms with Crippen LogP contribution in [-0.2, 0) is 4.79 Å². The monoisotopic (exact) mass is 428 g/mol. The van der Waals surface area contributed by atoms with E-state index >= 15 is 0 Å². The van der Waals surface area contributed by atoms with Gasteiger partial charge < -0.3 is 16.0 Å². The van der Waals surface area contributed by atoms with Crippen LogP contribution in [0.3, 0.4) is 0 Å². The second-order valence-electron chi connectivity index (χ2n) is 6.93. The molecule has 2 aromatic heterocycles. The van der Waals surface area contributed by atoms with Crippen molar-refractivity contribution in [1.82, 2.24) is 20.3 Å². The normalized spacial score (nSPS) is 17.8. The van der Waals surface area contributed by atoms with E-state index in [1.165, 1.54) is 13.1 Å². The third-order valence-electron chi connectivity index (χ3n) is 4.78. The molecule has 3 rings (SSSR count). The standard InChI is InChI=1S/C18H20ClF3N6O/c1-3-17(2,16(29)26-9-18(20,21)22)28-13-4-5-23-15(27-13)12-8-25-14-11(12)6-10(19)7-24-14/h4-7,12H,3,8-9H2,1-2H3,(H,24,25)(H,26,29)(H,23,27,28)/t12?,17-/m1/s1. The number of nitrogens with zero attached hydrogens (tertiary/aromatic N) is 3. The Morgan fingerprint density at radius 2 is 2.14 bits per heavy atom. The Labute approximate surface area is 170 Å². The molecule has 29 heavy (non-hydrogen) atoms. The minimum absolute atomic E-state index is 0.190. The molecule has 3 N–H and O–H groups in total. The van der Waals surface area contributed by atoms with Gasteiger partial charge in [0.1, 0.15) is 29.5 Å². The van der Waals surface area contributed by atoms with Gasteiger partial charge in [0, 0.05) is 24.5 Å². The molecule has 3 heterocycles. The van der Waals surface area contributed by atoms with Crippen molar-refractivity contribution in [3.63, 3.8) is 0 Å². The topological polar surface area (TPSA) is 91.8 Å². The summed E-state index contributed by atoms with van der Waals surface area (Å²) >= 11 is 6.04. The van der Waals surface area contributed by atoms with Gasteiger partial charge in [-0.15, -0.1) is 0 Å². The Morgan fingerprint density at radius 3 is 2.83 bits per heavy atom. The summed E-state index contributed by atoms with van der Waals surface area (Å²) in [6, 6.07) is 3.35. The van der Waals surface area contributed by atoms with E-state index in [1.54, 1.807) is 25.3 Å². The molecular formula is C18H20ClF3N6O. The predicted octanol–water partition coefficient (Wildman–Crippen LogP) is 3.34. The molecule has 11 heteroatoms. The van der Waals surface area contributed by atoms with Crippen molar-refractivity contribution >= 4 is 29.1 Å². The highest BCUT2D eigenvalue weighted by Crippen LogP contribution is 2.35. The second-order valence-corrected chi connectivity index (χ2v) is 7.37. The molecule has 1 unspecified atom stereocenters. The lowest BCUT2D eigenvalue weighted by atomic mass is 9.97. The Kier molecular flexibility index (Phi) is 5.83. The lowest BCUT2D eigenvalue weighted by molar-refractivity contribution is -0.140. The first kappa shape index (κ1) is 21.1. The van der Waals surface area contributed by atoms with Crippen molar-refractivity contribution in [3.05, 3.63) is 40.9 Å². The van der Waals surface area contributed by atoms with Gasteiger partial charge in [0.15, 0.2) is 0 Å². The van der Waals surface area contributed by atoms with Crippen LogP contribution >= 0.6 is 11.6 Å². The van der Waals surface area contributed by atoms with Crippen molar-refractivity contribution in [2.24, 2.45) is 0 Å². The van der Waals surface area contributed by atoms with Gasteiger partial charge in [-0.05, 0) is 25.5 Å². The highest BCUT2D eigenvalue weighted by molar-refractivity contribution is 6.30. The molecule has 2 atom stereocenters. The molecule has 1 aliphatic rings. The van der Waals surface area contributed by atoms with Crippen molar-refractivity contribution in [3.8, 4) is 0 Å². The Bertz CT molecular complexity index is 909. The van der Waals surface area contributed by atoms with E-state index in [-0.39, 0.29) is 12.3 Å². The predicted molar refractivity (Wildman–Crippen MR) is 103 cm³/mol. The number of hydrogen-bond acceptors (Lipinski definition) is 6. The number of rotatable bonds is 6. The Morgan fingerprint density at radius 1 is 1.38 bits per heavy atom. The summed E-state index contributed by atoms with van der Waals surface area (Å²) in [5.41, 5.74) is -0.413. The summed E-state index contributed by atoms with van der Waals surface area (Å²) in [6.45, 7) is 2.36. The first-order valence-corrected chi connectivity index (χ1v) is 9.34. The van der Waals surface area contributed by atoms with Crippen LogP contribution in [0.15, 0.2) is 24.5 Å². The first-order valence-electron chi connectivity index (χ1n) is 8.97. The fourth-order valence-corrected chi connectivity index (χ4v) is 3.15. The fraction of sp³-hybridized carbons (Fsp3) is 0.444. The molecule has 0 radical (unpaired) electrons. The molecule has 2 aromatic rings. The van der Waals surface area contributed by atoms with Gasteiger partial charge in [-0.25, -0.2) is 15.0 Å². The van der Waals surface area contributed by atoms with Gasteiger partial charge in [-0.1, -0.05) is 18.5 Å². The maximum absolute atomic E-state index is 12.4. The van der Waals surface area contributed by atoms with Crippen molar-refractivity contribution in [2.45, 2.75) is 37.9 Å². The van der Waals surface area contributed by atoms with E-state index in [4.69, 9.17) is 11.6 Å². The van der Waals surface area contributed by atoms with E-state index in [9.17, 15) is 18.0 Å². The maximum atomic E-state index is 12.4. The minimum Gasteiger partial charge on any atom is -0.369 e. The number of hydrogen-bond donors (Lipinski definition) is 3. The van der Waals surface area contributed by atoms with Crippen molar-refractivity contribution in [1.29, 1.82) is 0 Å². The average molecular weight is 429 g/mol. The number of carbonyl (C=O) groups excluding carboxylic acids is 1. The lowest BCUT2D eigenvalue weighted by Gasteiger charge is -2.29. The molecule has 1 amide bonds. The number of nitrogens with one attached hydrogen (secondary N) is 3. The van der Waals surface area contributed by atoms with Gasteiger partial charge in [0.05, 0.1) is 10.9 Å². The van der Waals surface area contributed by atoms with Crippen LogP contribution in [-0.4, -0.2) is 45.7 Å². The number of alkyl halides is 3. The molecule has 0 aliphatic carbocycles. The van der Waals surface area contributed by atoms with E-state index < -0.39 is 24.2 Å². The molecular weight excluding hydrogens is 409 g/mol. The van der Waals surface area contributed by atoms with E-state index in [1.807, 2.05) is 5.32 Å². The number of anilines is 2. The fourth-order valence-electron chi connectivity index (χ4n) is 2.98. The number of pyridine rings is 1. The number of aromatic nitrogens is 3. The Balaban J connectivity index is 1.79. The second kappa shape index (κ2) is 8.02. The quantitative estimate of drug-likeness (QED) is 0.653. The number of fused-ring (bicyclic) bond motifs is 1. The van der Waals surface area contributed by atoms with Crippen LogP contribution in [0.25, 0.3) is 0 Å². The molecule has 156 valence electrons. The summed E-state index contributed by atoms with van der Waals surface area (Å²) in [5, 5.41) is 8.52. The summed E-state index contributed by atoms with van der Waals surface area (Å²) in [7, 11) is 0. The van der Waals surface area contributed by atoms with Crippen molar-refractivity contribution < 1.29 is 18.0 Å². The van der Waals surface area contributed by atoms with Gasteiger partial charge in [0.25, 0.3) is 0 Å². The molecule has 0 bridgehead atoms. The van der Waals surface area contributed by atoms with Gasteiger partial charge in [-0.3, -0.25) is 4.79 Å². The highest BCUT2D eigenvalue weighted by Gasteiger charge is 2.36. The van der Waals surface area contributed by atoms with Crippen LogP contribution in [0.5, 0.6) is 0 Å². The largest absolute Gasteiger partial charge is 0.405 e.